The highest BCUT2D eigenvalue weighted by Gasteiger charge is 2.61. The summed E-state index contributed by atoms with van der Waals surface area (Å²) in [6, 6.07) is 2.67. The average Bonchev–Trinajstić information content (AvgIpc) is 2.59. The van der Waals surface area contributed by atoms with Crippen LogP contribution in [0.3, 0.4) is 0 Å². The summed E-state index contributed by atoms with van der Waals surface area (Å²) in [6.45, 7) is 5.14. The number of anilines is 1. The molecule has 3 unspecified atom stereocenters. The molecule has 24 heavy (non-hydrogen) atoms. The third-order valence-electron chi connectivity index (χ3n) is 7.73. The molecule has 3 atom stereocenters. The lowest BCUT2D eigenvalue weighted by atomic mass is 9.44. The first-order valence-corrected chi connectivity index (χ1v) is 9.53. The smallest absolute Gasteiger partial charge is 0.149 e. The summed E-state index contributed by atoms with van der Waals surface area (Å²) in [7, 11) is 2.30. The lowest BCUT2D eigenvalue weighted by Gasteiger charge is -2.65. The molecule has 0 spiro atoms. The summed E-state index contributed by atoms with van der Waals surface area (Å²) in [5.74, 6) is 1.31. The zero-order chi connectivity index (χ0) is 16.5. The fourth-order valence-electron chi connectivity index (χ4n) is 6.48. The van der Waals surface area contributed by atoms with Crippen LogP contribution < -0.4 is 10.1 Å². The summed E-state index contributed by atoms with van der Waals surface area (Å²) in [5.41, 5.74) is 4.11. The van der Waals surface area contributed by atoms with Crippen LogP contribution in [0.1, 0.15) is 50.2 Å². The summed E-state index contributed by atoms with van der Waals surface area (Å²) in [6.07, 6.45) is 7.46. The third kappa shape index (κ3) is 1.63. The maximum atomic E-state index is 10.7. The van der Waals surface area contributed by atoms with Crippen LogP contribution in [-0.4, -0.2) is 42.8 Å². The fraction of sp³-hybridized carbons (Fsp3) is 0.700. The van der Waals surface area contributed by atoms with E-state index in [4.69, 9.17) is 4.74 Å². The molecule has 1 saturated heterocycles. The maximum absolute atomic E-state index is 10.7. The quantitative estimate of drug-likeness (QED) is 0.718. The number of benzene rings is 1. The van der Waals surface area contributed by atoms with E-state index in [1.54, 1.807) is 0 Å². The van der Waals surface area contributed by atoms with E-state index in [-0.39, 0.29) is 5.41 Å². The molecule has 5 rings (SSSR count). The second kappa shape index (κ2) is 4.81. The second-order valence-corrected chi connectivity index (χ2v) is 8.56. The van der Waals surface area contributed by atoms with E-state index in [2.05, 4.69) is 30.3 Å². The number of aromatic hydroxyl groups is 1. The molecule has 1 aromatic carbocycles. The van der Waals surface area contributed by atoms with Crippen LogP contribution in [0.2, 0.25) is 0 Å². The normalized spacial score (nSPS) is 37.5. The van der Waals surface area contributed by atoms with E-state index < -0.39 is 0 Å². The van der Waals surface area contributed by atoms with Gasteiger partial charge in [-0.2, -0.15) is 0 Å². The zero-order valence-corrected chi connectivity index (χ0v) is 14.8. The standard InChI is InChI=1S/C20H28N2O2/c1-19-5-3-4-6-20(19)7-9-22(2)16(19)11-13-14(20)12-15(23)17-18(13)24-10-8-21-17/h12,16,21,23H,3-11H2,1-2H3. The van der Waals surface area contributed by atoms with Crippen LogP contribution in [0.25, 0.3) is 0 Å². The summed E-state index contributed by atoms with van der Waals surface area (Å²) >= 11 is 0. The number of phenolic OH excluding ortho intramolecular Hbond substituents is 1. The van der Waals surface area contributed by atoms with Crippen molar-refractivity contribution in [3.05, 3.63) is 17.2 Å². The summed E-state index contributed by atoms with van der Waals surface area (Å²) in [5, 5.41) is 14.0. The van der Waals surface area contributed by atoms with Gasteiger partial charge in [-0.1, -0.05) is 19.8 Å². The number of nitrogens with one attached hydrogen (secondary N) is 1. The Morgan fingerprint density at radius 3 is 3.00 bits per heavy atom. The highest BCUT2D eigenvalue weighted by atomic mass is 16.5. The van der Waals surface area contributed by atoms with Crippen molar-refractivity contribution in [3.8, 4) is 11.5 Å². The summed E-state index contributed by atoms with van der Waals surface area (Å²) < 4.78 is 6.07. The molecule has 1 aromatic rings. The van der Waals surface area contributed by atoms with Gasteiger partial charge in [-0.3, -0.25) is 0 Å². The van der Waals surface area contributed by atoms with E-state index in [1.165, 1.54) is 43.2 Å². The number of rotatable bonds is 0. The first kappa shape index (κ1) is 14.9. The Hall–Kier alpha value is -1.42. The number of phenols is 1. The Morgan fingerprint density at radius 1 is 1.29 bits per heavy atom. The number of nitrogens with zero attached hydrogens (tertiary/aromatic N) is 1. The van der Waals surface area contributed by atoms with Crippen LogP contribution in [-0.2, 0) is 11.8 Å². The van der Waals surface area contributed by atoms with E-state index in [1.807, 2.05) is 0 Å². The number of hydrogen-bond donors (Lipinski definition) is 2. The molecule has 130 valence electrons. The highest BCUT2D eigenvalue weighted by Crippen LogP contribution is 2.64. The van der Waals surface area contributed by atoms with Gasteiger partial charge in [0.05, 0.1) is 0 Å². The predicted molar refractivity (Wildman–Crippen MR) is 95.1 cm³/mol. The van der Waals surface area contributed by atoms with Gasteiger partial charge >= 0.3 is 0 Å². The minimum absolute atomic E-state index is 0.212. The highest BCUT2D eigenvalue weighted by molar-refractivity contribution is 5.73. The lowest BCUT2D eigenvalue weighted by Crippen LogP contribution is -2.66. The molecule has 2 bridgehead atoms. The molecule has 0 radical (unpaired) electrons. The van der Waals surface area contributed by atoms with Crippen LogP contribution in [0.5, 0.6) is 11.5 Å². The molecule has 0 amide bonds. The number of likely N-dealkylation sites (tertiary alicyclic amines) is 1. The van der Waals surface area contributed by atoms with Crippen LogP contribution >= 0.6 is 0 Å². The van der Waals surface area contributed by atoms with Crippen molar-refractivity contribution in [2.45, 2.75) is 56.9 Å². The van der Waals surface area contributed by atoms with Crippen molar-refractivity contribution >= 4 is 5.69 Å². The van der Waals surface area contributed by atoms with Crippen molar-refractivity contribution < 1.29 is 9.84 Å². The topological polar surface area (TPSA) is 44.7 Å². The van der Waals surface area contributed by atoms with Crippen LogP contribution in [0.4, 0.5) is 5.69 Å². The Kier molecular flexibility index (Phi) is 2.98. The molecule has 4 aliphatic rings. The minimum Gasteiger partial charge on any atom is -0.506 e. The van der Waals surface area contributed by atoms with Gasteiger partial charge in [0.2, 0.25) is 0 Å². The third-order valence-corrected chi connectivity index (χ3v) is 7.73. The van der Waals surface area contributed by atoms with Gasteiger partial charge in [0.1, 0.15) is 23.8 Å². The number of piperidine rings is 1. The van der Waals surface area contributed by atoms with Gasteiger partial charge in [-0.15, -0.1) is 0 Å². The number of ether oxygens (including phenoxy) is 1. The van der Waals surface area contributed by atoms with Gasteiger partial charge in [0.25, 0.3) is 0 Å². The molecular weight excluding hydrogens is 300 g/mol. The Balaban J connectivity index is 1.78. The van der Waals surface area contributed by atoms with Gasteiger partial charge < -0.3 is 20.1 Å². The monoisotopic (exact) mass is 328 g/mol. The van der Waals surface area contributed by atoms with E-state index in [0.29, 0.717) is 23.8 Å². The molecule has 4 nitrogen and oxygen atoms in total. The zero-order valence-electron chi connectivity index (χ0n) is 14.8. The molecule has 2 aliphatic heterocycles. The Bertz CT molecular complexity index is 703. The van der Waals surface area contributed by atoms with Gasteiger partial charge in [-0.05, 0) is 56.3 Å². The molecule has 2 heterocycles. The van der Waals surface area contributed by atoms with Crippen molar-refractivity contribution in [1.29, 1.82) is 0 Å². The molecule has 2 N–H and O–H groups in total. The van der Waals surface area contributed by atoms with E-state index >= 15 is 0 Å². The molecule has 4 heteroatoms. The number of likely N-dealkylation sites (N-methyl/N-ethyl adjacent to an activating group) is 1. The number of hydrogen-bond acceptors (Lipinski definition) is 4. The molecule has 2 fully saturated rings. The molecule has 0 aromatic heterocycles. The second-order valence-electron chi connectivity index (χ2n) is 8.56. The fourth-order valence-corrected chi connectivity index (χ4v) is 6.48. The Labute approximate surface area is 144 Å². The van der Waals surface area contributed by atoms with Crippen LogP contribution in [0, 0.1) is 5.41 Å². The largest absolute Gasteiger partial charge is 0.506 e. The number of fused-ring (bicyclic) bond motifs is 3. The van der Waals surface area contributed by atoms with E-state index in [9.17, 15) is 5.11 Å². The first-order valence-electron chi connectivity index (χ1n) is 9.53. The predicted octanol–water partition coefficient (Wildman–Crippen LogP) is 3.27. The van der Waals surface area contributed by atoms with Crippen LogP contribution in [0.15, 0.2) is 6.07 Å². The van der Waals surface area contributed by atoms with Crippen molar-refractivity contribution in [2.75, 3.05) is 32.1 Å². The minimum atomic E-state index is 0.212. The summed E-state index contributed by atoms with van der Waals surface area (Å²) in [4.78, 5) is 2.59. The Morgan fingerprint density at radius 2 is 2.12 bits per heavy atom. The lowest BCUT2D eigenvalue weighted by molar-refractivity contribution is -0.0740. The van der Waals surface area contributed by atoms with Gasteiger partial charge in [0, 0.05) is 23.6 Å². The average molecular weight is 328 g/mol. The van der Waals surface area contributed by atoms with Gasteiger partial charge in [-0.25, -0.2) is 0 Å². The van der Waals surface area contributed by atoms with Crippen molar-refractivity contribution in [3.63, 3.8) is 0 Å². The van der Waals surface area contributed by atoms with Crippen molar-refractivity contribution in [1.82, 2.24) is 4.90 Å². The molecule has 2 aliphatic carbocycles. The maximum Gasteiger partial charge on any atom is 0.149 e. The van der Waals surface area contributed by atoms with Crippen molar-refractivity contribution in [2.24, 2.45) is 5.41 Å². The molecular formula is C20H28N2O2. The SMILES string of the molecule is CN1CCC23CCCCC2(C)C1Cc1c3cc(O)c2c1OCCN2. The van der Waals surface area contributed by atoms with Gasteiger partial charge in [0.15, 0.2) is 0 Å². The first-order chi connectivity index (χ1) is 11.6. The molecule has 1 saturated carbocycles. The van der Waals surface area contributed by atoms with E-state index in [0.717, 1.165) is 30.9 Å².